The van der Waals surface area contributed by atoms with E-state index >= 15 is 0 Å². The number of rotatable bonds is 7. The van der Waals surface area contributed by atoms with Crippen LogP contribution in [0.3, 0.4) is 0 Å². The Labute approximate surface area is 214 Å². The Balaban J connectivity index is 1.80. The van der Waals surface area contributed by atoms with Crippen LogP contribution >= 0.6 is 0 Å². The molecule has 0 unspecified atom stereocenters. The van der Waals surface area contributed by atoms with E-state index in [-0.39, 0.29) is 61.3 Å². The molecule has 0 fully saturated rings. The minimum Gasteiger partial charge on any atom is -0.511 e. The zero-order valence-corrected chi connectivity index (χ0v) is 21.1. The van der Waals surface area contributed by atoms with Crippen LogP contribution in [-0.2, 0) is 33.6 Å². The fourth-order valence-corrected chi connectivity index (χ4v) is 6.04. The van der Waals surface area contributed by atoms with E-state index in [1.54, 1.807) is 25.1 Å². The Morgan fingerprint density at radius 2 is 1.81 bits per heavy atom. The smallest absolute Gasteiger partial charge is 0.255 e. The Morgan fingerprint density at radius 3 is 2.41 bits per heavy atom. The number of hydrogen-bond acceptors (Lipinski definition) is 9. The van der Waals surface area contributed by atoms with Gasteiger partial charge in [-0.3, -0.25) is 19.2 Å². The minimum atomic E-state index is -2.59. The van der Waals surface area contributed by atoms with Gasteiger partial charge in [-0.2, -0.15) is 0 Å². The molecule has 3 aliphatic carbocycles. The van der Waals surface area contributed by atoms with Gasteiger partial charge in [0.2, 0.25) is 5.78 Å². The van der Waals surface area contributed by atoms with Crippen LogP contribution in [0, 0.1) is 11.8 Å². The van der Waals surface area contributed by atoms with Crippen LogP contribution in [0.15, 0.2) is 28.7 Å². The maximum atomic E-state index is 13.8. The largest absolute Gasteiger partial charge is 0.511 e. The molecule has 1 amide bonds. The molecule has 10 heteroatoms. The molecule has 0 bridgehead atoms. The summed E-state index contributed by atoms with van der Waals surface area (Å²) in [5.41, 5.74) is 3.53. The lowest BCUT2D eigenvalue weighted by molar-refractivity contribution is -0.144. The average Bonchev–Trinajstić information content (AvgIpc) is 2.80. The van der Waals surface area contributed by atoms with Gasteiger partial charge in [-0.1, -0.05) is 13.0 Å². The summed E-state index contributed by atoms with van der Waals surface area (Å²) in [6.45, 7) is 2.16. The first kappa shape index (κ1) is 26.6. The molecule has 198 valence electrons. The molecule has 3 atom stereocenters. The van der Waals surface area contributed by atoms with Crippen molar-refractivity contribution >= 4 is 23.3 Å². The zero-order valence-electron chi connectivity index (χ0n) is 21.1. The van der Waals surface area contributed by atoms with E-state index < -0.39 is 52.0 Å². The SMILES string of the molecule is CCc1cc(CCC(=O)CN(C)C)c(O)c2c1C[C@H]1C[C@H]3CC(O)=C(C(N)=O)C(=O)[C@@]3(O)C(O)=C1C2=O. The van der Waals surface area contributed by atoms with Gasteiger partial charge in [0.15, 0.2) is 11.4 Å². The van der Waals surface area contributed by atoms with Crippen molar-refractivity contribution in [1.82, 2.24) is 4.90 Å². The Hall–Kier alpha value is -3.50. The maximum absolute atomic E-state index is 13.8. The molecule has 4 rings (SSSR count). The lowest BCUT2D eigenvalue weighted by Gasteiger charge is -2.45. The van der Waals surface area contributed by atoms with Gasteiger partial charge in [-0.15, -0.1) is 0 Å². The molecule has 0 radical (unpaired) electrons. The molecule has 1 aromatic carbocycles. The number of aryl methyl sites for hydroxylation is 2. The van der Waals surface area contributed by atoms with Crippen molar-refractivity contribution in [3.8, 4) is 5.75 Å². The molecular formula is C27H32N2O8. The molecule has 10 nitrogen and oxygen atoms in total. The molecule has 6 N–H and O–H groups in total. The summed E-state index contributed by atoms with van der Waals surface area (Å²) < 4.78 is 0. The topological polar surface area (TPSA) is 178 Å². The first-order chi connectivity index (χ1) is 17.3. The lowest BCUT2D eigenvalue weighted by Crippen LogP contribution is -2.57. The Bertz CT molecular complexity index is 1290. The number of allylic oxidation sites excluding steroid dienone is 2. The van der Waals surface area contributed by atoms with Crippen LogP contribution in [-0.4, -0.2) is 74.8 Å². The summed E-state index contributed by atoms with van der Waals surface area (Å²) in [5.74, 6) is -6.47. The van der Waals surface area contributed by atoms with E-state index in [9.17, 15) is 39.6 Å². The number of nitrogens with two attached hydrogens (primary N) is 1. The van der Waals surface area contributed by atoms with Crippen molar-refractivity contribution in [1.29, 1.82) is 0 Å². The molecule has 0 saturated heterocycles. The van der Waals surface area contributed by atoms with Crippen molar-refractivity contribution in [2.45, 2.75) is 51.0 Å². The van der Waals surface area contributed by atoms with Gasteiger partial charge < -0.3 is 31.1 Å². The van der Waals surface area contributed by atoms with Crippen molar-refractivity contribution in [3.05, 3.63) is 51.0 Å². The first-order valence-corrected chi connectivity index (χ1v) is 12.3. The third kappa shape index (κ3) is 4.14. The summed E-state index contributed by atoms with van der Waals surface area (Å²) in [7, 11) is 3.56. The van der Waals surface area contributed by atoms with Crippen molar-refractivity contribution in [2.75, 3.05) is 20.6 Å². The zero-order chi connectivity index (χ0) is 27.4. The van der Waals surface area contributed by atoms with Crippen LogP contribution in [0.1, 0.15) is 53.2 Å². The second-order valence-electron chi connectivity index (χ2n) is 10.4. The van der Waals surface area contributed by atoms with Crippen molar-refractivity contribution < 1.29 is 39.6 Å². The summed E-state index contributed by atoms with van der Waals surface area (Å²) in [6.07, 6.45) is 1.04. The van der Waals surface area contributed by atoms with Crippen molar-refractivity contribution in [2.24, 2.45) is 17.6 Å². The highest BCUT2D eigenvalue weighted by molar-refractivity contribution is 6.24. The first-order valence-electron chi connectivity index (χ1n) is 12.3. The molecule has 37 heavy (non-hydrogen) atoms. The second kappa shape index (κ2) is 9.42. The van der Waals surface area contributed by atoms with E-state index in [0.29, 0.717) is 17.5 Å². The number of phenols is 1. The quantitative estimate of drug-likeness (QED) is 0.336. The molecule has 0 spiro atoms. The number of nitrogens with zero attached hydrogens (tertiary/aromatic N) is 1. The van der Waals surface area contributed by atoms with Gasteiger partial charge in [0.05, 0.1) is 12.1 Å². The fraction of sp³-hybridized carbons (Fsp3) is 0.481. The van der Waals surface area contributed by atoms with Crippen LogP contribution in [0.2, 0.25) is 0 Å². The van der Waals surface area contributed by atoms with Crippen molar-refractivity contribution in [3.63, 3.8) is 0 Å². The predicted octanol–water partition coefficient (Wildman–Crippen LogP) is 1.21. The normalized spacial score (nSPS) is 25.2. The van der Waals surface area contributed by atoms with E-state index in [1.165, 1.54) is 0 Å². The van der Waals surface area contributed by atoms with Crippen LogP contribution in [0.5, 0.6) is 5.75 Å². The number of aromatic hydroxyl groups is 1. The van der Waals surface area contributed by atoms with E-state index in [0.717, 1.165) is 5.56 Å². The summed E-state index contributed by atoms with van der Waals surface area (Å²) in [6, 6.07) is 1.80. The van der Waals surface area contributed by atoms with Crippen LogP contribution in [0.4, 0.5) is 0 Å². The number of amides is 1. The number of fused-ring (bicyclic) bond motifs is 3. The molecule has 3 aliphatic rings. The summed E-state index contributed by atoms with van der Waals surface area (Å²) in [5, 5.41) is 43.9. The highest BCUT2D eigenvalue weighted by atomic mass is 16.3. The number of benzene rings is 1. The number of hydrogen-bond donors (Lipinski definition) is 5. The number of carbonyl (C=O) groups is 4. The predicted molar refractivity (Wildman–Crippen MR) is 132 cm³/mol. The number of phenolic OH excluding ortho intramolecular Hbond substituents is 1. The van der Waals surface area contributed by atoms with E-state index in [2.05, 4.69) is 0 Å². The van der Waals surface area contributed by atoms with Gasteiger partial charge in [0.1, 0.15) is 28.6 Å². The van der Waals surface area contributed by atoms with Gasteiger partial charge in [0, 0.05) is 24.3 Å². The van der Waals surface area contributed by atoms with Gasteiger partial charge in [0.25, 0.3) is 5.91 Å². The average molecular weight is 513 g/mol. The standard InChI is InChI=1S/C27H32N2O8/c1-4-12-7-13(5-6-16(30)11-29(2)3)22(32)20-17(12)9-14-8-15-10-18(31)21(26(28)36)25(35)27(15,37)24(34)19(14)23(20)33/h7,14-15,31-32,34,37H,4-6,8-11H2,1-3H3,(H2,28,36)/t14-,15+,27+/m1/s1. The van der Waals surface area contributed by atoms with Crippen LogP contribution < -0.4 is 5.73 Å². The van der Waals surface area contributed by atoms with E-state index in [4.69, 9.17) is 5.73 Å². The second-order valence-corrected chi connectivity index (χ2v) is 10.4. The van der Waals surface area contributed by atoms with Gasteiger partial charge >= 0.3 is 0 Å². The minimum absolute atomic E-state index is 0.00830. The Morgan fingerprint density at radius 1 is 1.14 bits per heavy atom. The number of carbonyl (C=O) groups excluding carboxylic acids is 4. The number of aliphatic hydroxyl groups excluding tert-OH is 2. The van der Waals surface area contributed by atoms with Gasteiger partial charge in [-0.25, -0.2) is 0 Å². The molecule has 0 aromatic heterocycles. The molecule has 0 saturated carbocycles. The maximum Gasteiger partial charge on any atom is 0.255 e. The summed E-state index contributed by atoms with van der Waals surface area (Å²) >= 11 is 0. The summed E-state index contributed by atoms with van der Waals surface area (Å²) in [4.78, 5) is 52.6. The number of Topliss-reactive ketones (excluding diaryl/α,β-unsaturated/α-hetero) is 3. The molecule has 1 aromatic rings. The highest BCUT2D eigenvalue weighted by Crippen LogP contribution is 2.52. The number of ketones is 3. The lowest BCUT2D eigenvalue weighted by atomic mass is 9.60. The monoisotopic (exact) mass is 512 g/mol. The Kier molecular flexibility index (Phi) is 6.76. The van der Waals surface area contributed by atoms with Crippen LogP contribution in [0.25, 0.3) is 0 Å². The highest BCUT2D eigenvalue weighted by Gasteiger charge is 2.59. The molecular weight excluding hydrogens is 480 g/mol. The number of aliphatic hydroxyl groups is 3. The third-order valence-corrected chi connectivity index (χ3v) is 7.78. The number of likely N-dealkylation sites (N-methyl/N-ethyl adjacent to an activating group) is 1. The fourth-order valence-electron chi connectivity index (χ4n) is 6.04. The third-order valence-electron chi connectivity index (χ3n) is 7.78. The molecule has 0 heterocycles. The number of primary amides is 1. The van der Waals surface area contributed by atoms with E-state index in [1.807, 2.05) is 6.92 Å². The molecule has 0 aliphatic heterocycles. The van der Waals surface area contributed by atoms with Gasteiger partial charge in [-0.05, 0) is 62.4 Å².